The van der Waals surface area contributed by atoms with E-state index in [4.69, 9.17) is 29.2 Å². The van der Waals surface area contributed by atoms with E-state index in [-0.39, 0.29) is 13.2 Å². The summed E-state index contributed by atoms with van der Waals surface area (Å²) < 4.78 is 9.91. The number of ether oxygens (including phenoxy) is 2. The van der Waals surface area contributed by atoms with Gasteiger partial charge in [0.05, 0.1) is 0 Å². The molecule has 0 aromatic heterocycles. The Labute approximate surface area is 111 Å². The summed E-state index contributed by atoms with van der Waals surface area (Å²) in [6.45, 7) is -0.330. The number of benzene rings is 1. The van der Waals surface area contributed by atoms with Gasteiger partial charge in [0.2, 0.25) is 0 Å². The molecule has 92 valence electrons. The second-order valence-corrected chi connectivity index (χ2v) is 3.71. The smallest absolute Gasteiger partial charge is 0.333 e. The Hall–Kier alpha value is -1.94. The Balaban J connectivity index is 2.53. The average molecular weight is 263 g/mol. The van der Waals surface area contributed by atoms with Crippen LogP contribution in [0.3, 0.4) is 0 Å². The van der Waals surface area contributed by atoms with Gasteiger partial charge in [0, 0.05) is 5.02 Å². The third-order valence-corrected chi connectivity index (χ3v) is 2.26. The first-order valence-electron chi connectivity index (χ1n) is 5.09. The third-order valence-electron chi connectivity index (χ3n) is 2.01. The van der Waals surface area contributed by atoms with Crippen LogP contribution in [0.5, 0.6) is 0 Å². The molecule has 0 aliphatic rings. The largest absolute Gasteiger partial charge is 0.451 e. The van der Waals surface area contributed by atoms with E-state index in [0.29, 0.717) is 5.02 Å². The highest BCUT2D eigenvalue weighted by Crippen LogP contribution is 2.19. The van der Waals surface area contributed by atoms with Crippen molar-refractivity contribution in [1.82, 2.24) is 0 Å². The summed E-state index contributed by atoms with van der Waals surface area (Å²) in [5.41, 5.74) is 0.742. The molecule has 1 atom stereocenters. The van der Waals surface area contributed by atoms with Gasteiger partial charge in [-0.3, -0.25) is 0 Å². The van der Waals surface area contributed by atoms with E-state index < -0.39 is 12.1 Å². The van der Waals surface area contributed by atoms with Crippen LogP contribution in [-0.2, 0) is 14.3 Å². The van der Waals surface area contributed by atoms with Gasteiger partial charge in [0.1, 0.15) is 12.7 Å². The lowest BCUT2D eigenvalue weighted by molar-refractivity contribution is -0.148. The fourth-order valence-corrected chi connectivity index (χ4v) is 1.32. The fraction of sp³-hybridized carbons (Fsp3) is 0.214. The van der Waals surface area contributed by atoms with Crippen LogP contribution >= 0.6 is 11.6 Å². The van der Waals surface area contributed by atoms with E-state index in [2.05, 4.69) is 16.6 Å². The molecule has 4 heteroatoms. The van der Waals surface area contributed by atoms with Gasteiger partial charge in [-0.1, -0.05) is 35.6 Å². The molecular weight excluding hydrogens is 252 g/mol. The van der Waals surface area contributed by atoms with Gasteiger partial charge in [0.15, 0.2) is 6.61 Å². The second-order valence-electron chi connectivity index (χ2n) is 3.27. The molecule has 3 nitrogen and oxygen atoms in total. The average Bonchev–Trinajstić information content (AvgIpc) is 2.39. The maximum Gasteiger partial charge on any atom is 0.333 e. The van der Waals surface area contributed by atoms with Gasteiger partial charge in [-0.15, -0.1) is 12.8 Å². The van der Waals surface area contributed by atoms with Gasteiger partial charge in [-0.05, 0) is 17.7 Å². The molecule has 1 aromatic rings. The van der Waals surface area contributed by atoms with Crippen LogP contribution in [0, 0.1) is 24.7 Å². The first-order valence-corrected chi connectivity index (χ1v) is 5.47. The van der Waals surface area contributed by atoms with Crippen molar-refractivity contribution in [3.8, 4) is 24.7 Å². The number of esters is 1. The number of hydrogen-bond donors (Lipinski definition) is 0. The van der Waals surface area contributed by atoms with Gasteiger partial charge >= 0.3 is 5.97 Å². The number of carbonyl (C=O) groups is 1. The highest BCUT2D eigenvalue weighted by molar-refractivity contribution is 6.30. The molecule has 0 aliphatic carbocycles. The van der Waals surface area contributed by atoms with Crippen LogP contribution in [0.15, 0.2) is 24.3 Å². The summed E-state index contributed by atoms with van der Waals surface area (Å²) in [7, 11) is 0. The standard InChI is InChI=1S/C14H11ClO3/c1-3-9-17-14(16)10-18-13(4-2)11-5-7-12(15)8-6-11/h1-2,5-8,13H,9-10H2. The molecule has 0 amide bonds. The zero-order valence-electron chi connectivity index (χ0n) is 9.56. The molecule has 1 aromatic carbocycles. The fourth-order valence-electron chi connectivity index (χ4n) is 1.19. The first kappa shape index (κ1) is 14.1. The van der Waals surface area contributed by atoms with E-state index in [1.165, 1.54) is 0 Å². The van der Waals surface area contributed by atoms with E-state index in [9.17, 15) is 4.79 Å². The van der Waals surface area contributed by atoms with Gasteiger partial charge in [0.25, 0.3) is 0 Å². The van der Waals surface area contributed by atoms with Crippen molar-refractivity contribution in [3.63, 3.8) is 0 Å². The topological polar surface area (TPSA) is 35.5 Å². The van der Waals surface area contributed by atoms with E-state index in [0.717, 1.165) is 5.56 Å². The molecule has 0 fully saturated rings. The Kier molecular flexibility index (Phi) is 5.80. The third kappa shape index (κ3) is 4.51. The molecular formula is C14H11ClO3. The summed E-state index contributed by atoms with van der Waals surface area (Å²) in [6.07, 6.45) is 9.66. The predicted octanol–water partition coefficient (Wildman–Crippen LogP) is 2.21. The summed E-state index contributed by atoms with van der Waals surface area (Å²) in [4.78, 5) is 11.2. The maximum absolute atomic E-state index is 11.2. The zero-order valence-corrected chi connectivity index (χ0v) is 10.3. The van der Waals surface area contributed by atoms with E-state index >= 15 is 0 Å². The van der Waals surface area contributed by atoms with Crippen LogP contribution in [0.25, 0.3) is 0 Å². The Morgan fingerprint density at radius 2 is 2.00 bits per heavy atom. The van der Waals surface area contributed by atoms with Crippen LogP contribution in [0.1, 0.15) is 11.7 Å². The Bertz CT molecular complexity index is 479. The molecule has 0 saturated heterocycles. The van der Waals surface area contributed by atoms with Crippen LogP contribution in [-0.4, -0.2) is 19.2 Å². The number of hydrogen-bond acceptors (Lipinski definition) is 3. The van der Waals surface area contributed by atoms with Crippen molar-refractivity contribution in [2.75, 3.05) is 13.2 Å². The highest BCUT2D eigenvalue weighted by atomic mass is 35.5. The van der Waals surface area contributed by atoms with Crippen molar-refractivity contribution in [2.24, 2.45) is 0 Å². The lowest BCUT2D eigenvalue weighted by atomic mass is 10.1. The molecule has 0 bridgehead atoms. The number of terminal acetylenes is 2. The van der Waals surface area contributed by atoms with E-state index in [1.807, 2.05) is 0 Å². The zero-order chi connectivity index (χ0) is 13.4. The van der Waals surface area contributed by atoms with Gasteiger partial charge in [-0.2, -0.15) is 0 Å². The van der Waals surface area contributed by atoms with Crippen molar-refractivity contribution in [1.29, 1.82) is 0 Å². The number of rotatable bonds is 5. The van der Waals surface area contributed by atoms with E-state index in [1.54, 1.807) is 24.3 Å². The van der Waals surface area contributed by atoms with Crippen molar-refractivity contribution >= 4 is 17.6 Å². The first-order chi connectivity index (χ1) is 8.67. The lowest BCUT2D eigenvalue weighted by Crippen LogP contribution is -2.15. The minimum Gasteiger partial charge on any atom is -0.451 e. The van der Waals surface area contributed by atoms with Crippen molar-refractivity contribution in [2.45, 2.75) is 6.10 Å². The Morgan fingerprint density at radius 3 is 2.56 bits per heavy atom. The molecule has 0 spiro atoms. The van der Waals surface area contributed by atoms with Crippen LogP contribution in [0.2, 0.25) is 5.02 Å². The van der Waals surface area contributed by atoms with Gasteiger partial charge < -0.3 is 9.47 Å². The molecule has 0 N–H and O–H groups in total. The molecule has 0 heterocycles. The molecule has 0 saturated carbocycles. The molecule has 1 rings (SSSR count). The van der Waals surface area contributed by atoms with Gasteiger partial charge in [-0.25, -0.2) is 4.79 Å². The summed E-state index contributed by atoms with van der Waals surface area (Å²) >= 11 is 5.76. The Morgan fingerprint density at radius 1 is 1.33 bits per heavy atom. The quantitative estimate of drug-likeness (QED) is 0.603. The predicted molar refractivity (Wildman–Crippen MR) is 68.8 cm³/mol. The molecule has 1 unspecified atom stereocenters. The maximum atomic E-state index is 11.2. The summed E-state index contributed by atoms with van der Waals surface area (Å²) in [6, 6.07) is 6.86. The lowest BCUT2D eigenvalue weighted by Gasteiger charge is -2.11. The van der Waals surface area contributed by atoms with Crippen molar-refractivity contribution in [3.05, 3.63) is 34.9 Å². The summed E-state index contributed by atoms with van der Waals surface area (Å²) in [5, 5.41) is 0.600. The minimum atomic E-state index is -0.624. The number of halogens is 1. The SMILES string of the molecule is C#CCOC(=O)COC(C#C)c1ccc(Cl)cc1. The molecule has 0 radical (unpaired) electrons. The normalized spacial score (nSPS) is 11.1. The number of carbonyl (C=O) groups excluding carboxylic acids is 1. The monoisotopic (exact) mass is 262 g/mol. The molecule has 18 heavy (non-hydrogen) atoms. The van der Waals surface area contributed by atoms with Crippen molar-refractivity contribution < 1.29 is 14.3 Å². The summed E-state index contributed by atoms with van der Waals surface area (Å²) in [5.74, 6) is 4.07. The minimum absolute atomic E-state index is 0.0795. The van der Waals surface area contributed by atoms with Crippen LogP contribution < -0.4 is 0 Å². The second kappa shape index (κ2) is 7.40. The highest BCUT2D eigenvalue weighted by Gasteiger charge is 2.11. The van der Waals surface area contributed by atoms with Crippen LogP contribution in [0.4, 0.5) is 0 Å². The molecule has 0 aliphatic heterocycles.